The molecule has 2 N–H and O–H groups in total. The van der Waals surface area contributed by atoms with Gasteiger partial charge in [-0.1, -0.05) is 56.3 Å². The highest BCUT2D eigenvalue weighted by Gasteiger charge is 2.29. The molecule has 0 aliphatic carbocycles. The highest BCUT2D eigenvalue weighted by Crippen LogP contribution is 2.36. The van der Waals surface area contributed by atoms with E-state index in [1.807, 2.05) is 32.0 Å². The fourth-order valence-electron chi connectivity index (χ4n) is 2.52. The van der Waals surface area contributed by atoms with E-state index in [9.17, 15) is 0 Å². The summed E-state index contributed by atoms with van der Waals surface area (Å²) in [6, 6.07) is 18.4. The van der Waals surface area contributed by atoms with Gasteiger partial charge in [0.1, 0.15) is 5.75 Å². The fraction of sp³-hybridized carbons (Fsp3) is 0.368. The van der Waals surface area contributed by atoms with Crippen molar-refractivity contribution in [1.82, 2.24) is 0 Å². The van der Waals surface area contributed by atoms with Crippen molar-refractivity contribution < 1.29 is 4.74 Å². The molecule has 0 saturated heterocycles. The summed E-state index contributed by atoms with van der Waals surface area (Å²) < 4.78 is 5.77. The number of nitrogens with two attached hydrogens (primary N) is 1. The van der Waals surface area contributed by atoms with Gasteiger partial charge in [0, 0.05) is 11.5 Å². The summed E-state index contributed by atoms with van der Waals surface area (Å²) in [6.45, 7) is 8.42. The molecule has 2 aromatic carbocycles. The van der Waals surface area contributed by atoms with Crippen molar-refractivity contribution in [1.29, 1.82) is 0 Å². The van der Waals surface area contributed by atoms with Crippen LogP contribution in [0.1, 0.15) is 44.9 Å². The molecule has 0 radical (unpaired) electrons. The van der Waals surface area contributed by atoms with Crippen molar-refractivity contribution in [2.45, 2.75) is 45.3 Å². The Morgan fingerprint density at radius 1 is 0.952 bits per heavy atom. The second-order valence-electron chi connectivity index (χ2n) is 6.30. The van der Waals surface area contributed by atoms with Gasteiger partial charge in [0.2, 0.25) is 0 Å². The zero-order chi connectivity index (χ0) is 15.5. The second-order valence-corrected chi connectivity index (χ2v) is 6.30. The zero-order valence-electron chi connectivity index (χ0n) is 13.3. The smallest absolute Gasteiger partial charge is 0.120 e. The minimum Gasteiger partial charge on any atom is -0.491 e. The second kappa shape index (κ2) is 6.31. The molecule has 2 heteroatoms. The van der Waals surface area contributed by atoms with Crippen LogP contribution in [0.5, 0.6) is 5.75 Å². The minimum atomic E-state index is -0.141. The van der Waals surface area contributed by atoms with Crippen LogP contribution >= 0.6 is 0 Å². The molecule has 21 heavy (non-hydrogen) atoms. The average molecular weight is 283 g/mol. The van der Waals surface area contributed by atoms with Gasteiger partial charge in [-0.15, -0.1) is 0 Å². The quantitative estimate of drug-likeness (QED) is 0.879. The molecule has 0 aliphatic rings. The van der Waals surface area contributed by atoms with Crippen LogP contribution < -0.4 is 10.5 Å². The Labute approximate surface area is 127 Å². The predicted octanol–water partition coefficient (Wildman–Crippen LogP) is 4.45. The maximum atomic E-state index is 6.55. The molecule has 0 heterocycles. The Morgan fingerprint density at radius 3 is 2.24 bits per heavy atom. The third kappa shape index (κ3) is 3.64. The third-order valence-corrected chi connectivity index (χ3v) is 3.88. The molecule has 0 fully saturated rings. The molecule has 0 aromatic heterocycles. The highest BCUT2D eigenvalue weighted by atomic mass is 16.5. The Kier molecular flexibility index (Phi) is 4.69. The molecule has 0 saturated carbocycles. The average Bonchev–Trinajstić information content (AvgIpc) is 2.47. The lowest BCUT2D eigenvalue weighted by molar-refractivity contribution is 0.242. The van der Waals surface area contributed by atoms with E-state index in [1.165, 1.54) is 5.56 Å². The van der Waals surface area contributed by atoms with E-state index in [0.29, 0.717) is 0 Å². The van der Waals surface area contributed by atoms with E-state index in [4.69, 9.17) is 10.5 Å². The number of hydrogen-bond acceptors (Lipinski definition) is 2. The van der Waals surface area contributed by atoms with Gasteiger partial charge < -0.3 is 10.5 Å². The summed E-state index contributed by atoms with van der Waals surface area (Å²) >= 11 is 0. The Morgan fingerprint density at radius 2 is 1.62 bits per heavy atom. The maximum absolute atomic E-state index is 6.55. The van der Waals surface area contributed by atoms with Crippen LogP contribution in [0.25, 0.3) is 0 Å². The molecular formula is C19H25NO. The summed E-state index contributed by atoms with van der Waals surface area (Å²) in [6.07, 6.45) is 0.165. The van der Waals surface area contributed by atoms with E-state index in [2.05, 4.69) is 50.2 Å². The lowest BCUT2D eigenvalue weighted by atomic mass is 9.75. The third-order valence-electron chi connectivity index (χ3n) is 3.88. The molecule has 0 spiro atoms. The summed E-state index contributed by atoms with van der Waals surface area (Å²) in [5.74, 6) is 0.877. The van der Waals surface area contributed by atoms with Gasteiger partial charge in [-0.25, -0.2) is 0 Å². The van der Waals surface area contributed by atoms with Crippen LogP contribution in [0.3, 0.4) is 0 Å². The summed E-state index contributed by atoms with van der Waals surface area (Å²) in [5.41, 5.74) is 8.75. The van der Waals surface area contributed by atoms with E-state index in [0.717, 1.165) is 11.3 Å². The first kappa shape index (κ1) is 15.6. The van der Waals surface area contributed by atoms with Crippen molar-refractivity contribution in [2.75, 3.05) is 0 Å². The predicted molar refractivity (Wildman–Crippen MR) is 88.6 cm³/mol. The van der Waals surface area contributed by atoms with E-state index in [1.54, 1.807) is 0 Å². The maximum Gasteiger partial charge on any atom is 0.120 e. The van der Waals surface area contributed by atoms with Crippen LogP contribution in [0, 0.1) is 0 Å². The van der Waals surface area contributed by atoms with Crippen molar-refractivity contribution in [2.24, 2.45) is 5.73 Å². The van der Waals surface area contributed by atoms with Crippen LogP contribution in [0.4, 0.5) is 0 Å². The SMILES string of the molecule is CC(C)Oc1cccc(C(N)C(C)(C)c2ccccc2)c1. The molecule has 112 valence electrons. The normalized spacial score (nSPS) is 13.2. The molecule has 1 atom stereocenters. The summed E-state index contributed by atoms with van der Waals surface area (Å²) in [5, 5.41) is 0. The molecule has 2 rings (SSSR count). The first-order chi connectivity index (χ1) is 9.91. The summed E-state index contributed by atoms with van der Waals surface area (Å²) in [7, 11) is 0. The van der Waals surface area contributed by atoms with Gasteiger partial charge >= 0.3 is 0 Å². The minimum absolute atomic E-state index is 0.0874. The molecular weight excluding hydrogens is 258 g/mol. The molecule has 1 unspecified atom stereocenters. The van der Waals surface area contributed by atoms with Gasteiger partial charge in [-0.2, -0.15) is 0 Å². The number of ether oxygens (including phenoxy) is 1. The van der Waals surface area contributed by atoms with Gasteiger partial charge in [-0.05, 0) is 37.1 Å². The van der Waals surface area contributed by atoms with Crippen molar-refractivity contribution in [3.8, 4) is 5.75 Å². The lowest BCUT2D eigenvalue weighted by Gasteiger charge is -2.32. The van der Waals surface area contributed by atoms with E-state index >= 15 is 0 Å². The molecule has 0 bridgehead atoms. The zero-order valence-corrected chi connectivity index (χ0v) is 13.3. The van der Waals surface area contributed by atoms with Crippen LogP contribution in [-0.4, -0.2) is 6.10 Å². The molecule has 0 aliphatic heterocycles. The topological polar surface area (TPSA) is 35.2 Å². The first-order valence-electron chi connectivity index (χ1n) is 7.49. The van der Waals surface area contributed by atoms with Crippen LogP contribution in [0.2, 0.25) is 0 Å². The van der Waals surface area contributed by atoms with Gasteiger partial charge in [0.15, 0.2) is 0 Å². The van der Waals surface area contributed by atoms with Crippen LogP contribution in [-0.2, 0) is 5.41 Å². The van der Waals surface area contributed by atoms with Crippen LogP contribution in [0.15, 0.2) is 54.6 Å². The van der Waals surface area contributed by atoms with Crippen molar-refractivity contribution >= 4 is 0 Å². The Balaban J connectivity index is 2.29. The van der Waals surface area contributed by atoms with Crippen molar-refractivity contribution in [3.63, 3.8) is 0 Å². The molecule has 0 amide bonds. The highest BCUT2D eigenvalue weighted by molar-refractivity contribution is 5.35. The van der Waals surface area contributed by atoms with Crippen molar-refractivity contribution in [3.05, 3.63) is 65.7 Å². The van der Waals surface area contributed by atoms with Gasteiger partial charge in [0.25, 0.3) is 0 Å². The first-order valence-corrected chi connectivity index (χ1v) is 7.49. The van der Waals surface area contributed by atoms with E-state index < -0.39 is 0 Å². The fourth-order valence-corrected chi connectivity index (χ4v) is 2.52. The molecule has 2 nitrogen and oxygen atoms in total. The van der Waals surface area contributed by atoms with Gasteiger partial charge in [-0.3, -0.25) is 0 Å². The summed E-state index contributed by atoms with van der Waals surface area (Å²) in [4.78, 5) is 0. The number of hydrogen-bond donors (Lipinski definition) is 1. The number of benzene rings is 2. The Hall–Kier alpha value is -1.80. The molecule has 2 aromatic rings. The largest absolute Gasteiger partial charge is 0.491 e. The van der Waals surface area contributed by atoms with E-state index in [-0.39, 0.29) is 17.6 Å². The number of rotatable bonds is 5. The van der Waals surface area contributed by atoms with Gasteiger partial charge in [0.05, 0.1) is 6.10 Å². The standard InChI is InChI=1S/C19H25NO/c1-14(2)21-17-12-8-9-15(13-17)18(20)19(3,4)16-10-6-5-7-11-16/h5-14,18H,20H2,1-4H3. The lowest BCUT2D eigenvalue weighted by Crippen LogP contribution is -2.33. The Bertz CT molecular complexity index is 575. The monoisotopic (exact) mass is 283 g/mol.